The van der Waals surface area contributed by atoms with E-state index in [9.17, 15) is 22.7 Å². The number of aliphatic hydroxyl groups is 1. The van der Waals surface area contributed by atoms with Crippen molar-refractivity contribution >= 4 is 16.1 Å². The molecule has 0 bridgehead atoms. The van der Waals surface area contributed by atoms with Gasteiger partial charge in [0, 0.05) is 18.9 Å². The molecule has 0 aromatic rings. The van der Waals surface area contributed by atoms with Gasteiger partial charge in [-0.3, -0.25) is 4.79 Å². The number of halogens is 1. The Morgan fingerprint density at radius 1 is 1.45 bits per heavy atom. The molecule has 0 aromatic heterocycles. The van der Waals surface area contributed by atoms with Crippen LogP contribution in [0.25, 0.3) is 0 Å². The van der Waals surface area contributed by atoms with Gasteiger partial charge in [0.25, 0.3) is 0 Å². The van der Waals surface area contributed by atoms with Gasteiger partial charge >= 0.3 is 10.2 Å². The van der Waals surface area contributed by atoms with Crippen molar-refractivity contribution in [2.75, 3.05) is 13.2 Å². The number of rotatable bonds is 1. The lowest BCUT2D eigenvalue weighted by atomic mass is 9.76. The molecule has 1 saturated carbocycles. The number of amides is 1. The Kier molecular flexibility index (Phi) is 3.47. The lowest BCUT2D eigenvalue weighted by Gasteiger charge is -2.45. The highest BCUT2D eigenvalue weighted by Crippen LogP contribution is 2.39. The molecule has 3 fully saturated rings. The van der Waals surface area contributed by atoms with Crippen LogP contribution in [-0.2, 0) is 19.7 Å². The molecule has 2 saturated heterocycles. The van der Waals surface area contributed by atoms with E-state index in [0.29, 0.717) is 19.4 Å². The van der Waals surface area contributed by atoms with Crippen LogP contribution in [0.4, 0.5) is 4.39 Å². The summed E-state index contributed by atoms with van der Waals surface area (Å²) >= 11 is 0. The number of fused-ring (bicyclic) bond motifs is 1. The lowest BCUT2D eigenvalue weighted by Crippen LogP contribution is -2.60. The molecule has 0 radical (unpaired) electrons. The van der Waals surface area contributed by atoms with Gasteiger partial charge in [0.1, 0.15) is 6.17 Å². The summed E-state index contributed by atoms with van der Waals surface area (Å²) in [5, 5.41) is 10.1. The van der Waals surface area contributed by atoms with E-state index in [1.165, 1.54) is 0 Å². The molecule has 20 heavy (non-hydrogen) atoms. The van der Waals surface area contributed by atoms with E-state index in [-0.39, 0.29) is 12.5 Å². The molecule has 7 nitrogen and oxygen atoms in total. The highest BCUT2D eigenvalue weighted by molar-refractivity contribution is 7.88. The fraction of sp³-hybridized carbons (Fsp3) is 0.909. The predicted octanol–water partition coefficient (Wildman–Crippen LogP) is -1.07. The first-order valence-corrected chi connectivity index (χ1v) is 8.10. The second kappa shape index (κ2) is 4.90. The summed E-state index contributed by atoms with van der Waals surface area (Å²) in [5.41, 5.74) is 0. The molecule has 5 unspecified atom stereocenters. The molecular formula is C11H17FN2O5S. The Bertz CT molecular complexity index is 513. The van der Waals surface area contributed by atoms with Crippen molar-refractivity contribution in [3.8, 4) is 0 Å². The monoisotopic (exact) mass is 308 g/mol. The summed E-state index contributed by atoms with van der Waals surface area (Å²) in [6.07, 6.45) is -1.58. The SMILES string of the molecule is O=C1CN(C2C(O)CC3OCCCC3C2F)S(=O)(=O)N1. The smallest absolute Gasteiger partial charge is 0.304 e. The Balaban J connectivity index is 1.87. The lowest BCUT2D eigenvalue weighted by molar-refractivity contribution is -0.134. The summed E-state index contributed by atoms with van der Waals surface area (Å²) in [7, 11) is -4.05. The summed E-state index contributed by atoms with van der Waals surface area (Å²) in [4.78, 5) is 11.2. The van der Waals surface area contributed by atoms with Gasteiger partial charge < -0.3 is 9.84 Å². The van der Waals surface area contributed by atoms with E-state index in [1.807, 2.05) is 0 Å². The Morgan fingerprint density at radius 3 is 2.85 bits per heavy atom. The van der Waals surface area contributed by atoms with E-state index in [0.717, 1.165) is 4.31 Å². The van der Waals surface area contributed by atoms with Crippen LogP contribution in [0, 0.1) is 5.92 Å². The minimum atomic E-state index is -4.05. The molecule has 2 heterocycles. The third kappa shape index (κ3) is 2.22. The van der Waals surface area contributed by atoms with Crippen molar-refractivity contribution in [2.45, 2.75) is 43.7 Å². The maximum atomic E-state index is 14.7. The first-order valence-electron chi connectivity index (χ1n) is 6.66. The minimum absolute atomic E-state index is 0.190. The van der Waals surface area contributed by atoms with Crippen molar-refractivity contribution in [3.05, 3.63) is 0 Å². The van der Waals surface area contributed by atoms with Crippen molar-refractivity contribution in [1.29, 1.82) is 0 Å². The molecule has 2 N–H and O–H groups in total. The van der Waals surface area contributed by atoms with Crippen LogP contribution in [0.1, 0.15) is 19.3 Å². The van der Waals surface area contributed by atoms with E-state index in [1.54, 1.807) is 4.72 Å². The average molecular weight is 308 g/mol. The maximum absolute atomic E-state index is 14.7. The first kappa shape index (κ1) is 14.2. The van der Waals surface area contributed by atoms with Crippen LogP contribution in [0.2, 0.25) is 0 Å². The van der Waals surface area contributed by atoms with Gasteiger partial charge in [0.05, 0.1) is 24.8 Å². The second-order valence-electron chi connectivity index (χ2n) is 5.53. The van der Waals surface area contributed by atoms with E-state index < -0.39 is 46.9 Å². The zero-order valence-electron chi connectivity index (χ0n) is 10.7. The van der Waals surface area contributed by atoms with Crippen molar-refractivity contribution in [3.63, 3.8) is 0 Å². The minimum Gasteiger partial charge on any atom is -0.391 e. The summed E-state index contributed by atoms with van der Waals surface area (Å²) in [6, 6.07) is -1.22. The highest BCUT2D eigenvalue weighted by atomic mass is 32.2. The van der Waals surface area contributed by atoms with Gasteiger partial charge in [-0.25, -0.2) is 9.11 Å². The number of ether oxygens (including phenoxy) is 1. The molecule has 2 aliphatic heterocycles. The molecule has 0 aromatic carbocycles. The third-order valence-electron chi connectivity index (χ3n) is 4.28. The van der Waals surface area contributed by atoms with Gasteiger partial charge in [-0.05, 0) is 12.8 Å². The van der Waals surface area contributed by atoms with Gasteiger partial charge in [0.15, 0.2) is 0 Å². The number of aliphatic hydroxyl groups excluding tert-OH is 1. The number of alkyl halides is 1. The molecule has 9 heteroatoms. The molecule has 1 aliphatic carbocycles. The predicted molar refractivity (Wildman–Crippen MR) is 65.5 cm³/mol. The van der Waals surface area contributed by atoms with Crippen molar-refractivity contribution < 1.29 is 27.4 Å². The number of nitrogens with one attached hydrogen (secondary N) is 1. The molecule has 3 aliphatic rings. The van der Waals surface area contributed by atoms with E-state index >= 15 is 0 Å². The summed E-state index contributed by atoms with van der Waals surface area (Å²) in [5.74, 6) is -1.13. The van der Waals surface area contributed by atoms with Gasteiger partial charge in [-0.2, -0.15) is 12.7 Å². The van der Waals surface area contributed by atoms with Gasteiger partial charge in [-0.15, -0.1) is 0 Å². The molecular weight excluding hydrogens is 291 g/mol. The standard InChI is InChI=1S/C11H17FN2O5S/c12-10-6-2-1-3-19-8(6)4-7(15)11(10)14-5-9(16)13-20(14,17)18/h6-8,10-11,15H,1-5H2,(H,13,16). The largest absolute Gasteiger partial charge is 0.391 e. The molecule has 3 rings (SSSR count). The number of nitrogens with zero attached hydrogens (tertiary/aromatic N) is 1. The molecule has 0 spiro atoms. The van der Waals surface area contributed by atoms with Gasteiger partial charge in [-0.1, -0.05) is 0 Å². The van der Waals surface area contributed by atoms with Crippen LogP contribution >= 0.6 is 0 Å². The van der Waals surface area contributed by atoms with Crippen molar-refractivity contribution in [2.24, 2.45) is 5.92 Å². The first-order chi connectivity index (χ1) is 9.40. The van der Waals surface area contributed by atoms with Crippen molar-refractivity contribution in [1.82, 2.24) is 9.03 Å². The summed E-state index contributed by atoms with van der Waals surface area (Å²) in [6.45, 7) is 0.0933. The third-order valence-corrected chi connectivity index (χ3v) is 5.75. The average Bonchev–Trinajstić information content (AvgIpc) is 2.63. The topological polar surface area (TPSA) is 95.9 Å². The maximum Gasteiger partial charge on any atom is 0.304 e. The Hall–Kier alpha value is -0.770. The zero-order chi connectivity index (χ0) is 14.5. The fourth-order valence-corrected chi connectivity index (χ4v) is 4.72. The highest BCUT2D eigenvalue weighted by Gasteiger charge is 2.53. The number of carbonyl (C=O) groups is 1. The van der Waals surface area contributed by atoms with Crippen LogP contribution in [0.3, 0.4) is 0 Å². The quantitative estimate of drug-likeness (QED) is 0.643. The van der Waals surface area contributed by atoms with E-state index in [4.69, 9.17) is 4.74 Å². The molecule has 114 valence electrons. The van der Waals surface area contributed by atoms with Crippen LogP contribution in [-0.4, -0.2) is 61.3 Å². The van der Waals surface area contributed by atoms with Crippen LogP contribution < -0.4 is 4.72 Å². The van der Waals surface area contributed by atoms with Crippen LogP contribution in [0.5, 0.6) is 0 Å². The zero-order valence-corrected chi connectivity index (χ0v) is 11.6. The Labute approximate surface area is 116 Å². The number of hydrogen-bond donors (Lipinski definition) is 2. The fourth-order valence-electron chi connectivity index (χ4n) is 3.39. The number of carbonyl (C=O) groups excluding carboxylic acids is 1. The summed E-state index contributed by atoms with van der Waals surface area (Å²) < 4.78 is 46.3. The molecule has 1 amide bonds. The van der Waals surface area contributed by atoms with Crippen LogP contribution in [0.15, 0.2) is 0 Å². The van der Waals surface area contributed by atoms with E-state index in [2.05, 4.69) is 0 Å². The second-order valence-corrected chi connectivity index (χ2v) is 7.15. The number of hydrogen-bond acceptors (Lipinski definition) is 5. The van der Waals surface area contributed by atoms with Gasteiger partial charge in [0.2, 0.25) is 5.91 Å². The Morgan fingerprint density at radius 2 is 2.20 bits per heavy atom. The molecule has 5 atom stereocenters. The normalized spacial score (nSPS) is 44.9.